The molecular weight excluding hydrogens is 460 g/mol. The van der Waals surface area contributed by atoms with E-state index in [0.717, 1.165) is 11.1 Å². The Balaban J connectivity index is 1.62. The highest BCUT2D eigenvalue weighted by atomic mass is 16.7. The highest BCUT2D eigenvalue weighted by Gasteiger charge is 2.58. The number of hydrogen-bond donors (Lipinski definition) is 1. The first kappa shape index (κ1) is 23.8. The van der Waals surface area contributed by atoms with Gasteiger partial charge in [-0.15, -0.1) is 0 Å². The number of amides is 1. The summed E-state index contributed by atoms with van der Waals surface area (Å²) in [6.45, 7) is 4.42. The summed E-state index contributed by atoms with van der Waals surface area (Å²) >= 11 is 0. The number of fused-ring (bicyclic) bond motifs is 1. The predicted molar refractivity (Wildman–Crippen MR) is 132 cm³/mol. The van der Waals surface area contributed by atoms with E-state index in [1.54, 1.807) is 6.92 Å². The maximum Gasteiger partial charge on any atom is 0.323 e. The van der Waals surface area contributed by atoms with Crippen molar-refractivity contribution < 1.29 is 28.6 Å². The molecule has 0 aromatic heterocycles. The number of carbonyl (C=O) groups is 3. The molecule has 186 valence electrons. The Labute approximate surface area is 209 Å². The Kier molecular flexibility index (Phi) is 6.61. The molecule has 3 fully saturated rings. The van der Waals surface area contributed by atoms with E-state index >= 15 is 0 Å². The number of anilines is 1. The first-order valence-corrected chi connectivity index (χ1v) is 12.1. The van der Waals surface area contributed by atoms with E-state index in [-0.39, 0.29) is 31.3 Å². The van der Waals surface area contributed by atoms with E-state index in [4.69, 9.17) is 14.2 Å². The number of ketones is 1. The van der Waals surface area contributed by atoms with Gasteiger partial charge >= 0.3 is 5.97 Å². The van der Waals surface area contributed by atoms with Crippen LogP contribution in [0, 0.1) is 18.8 Å². The highest BCUT2D eigenvalue weighted by Crippen LogP contribution is 2.41. The number of piperidine rings is 1. The summed E-state index contributed by atoms with van der Waals surface area (Å²) in [6, 6.07) is 16.3. The second-order valence-corrected chi connectivity index (χ2v) is 8.95. The van der Waals surface area contributed by atoms with E-state index < -0.39 is 41.7 Å². The van der Waals surface area contributed by atoms with Crippen LogP contribution in [0.4, 0.5) is 5.69 Å². The Morgan fingerprint density at radius 2 is 1.78 bits per heavy atom. The molecule has 0 saturated carbocycles. The zero-order chi connectivity index (χ0) is 25.2. The van der Waals surface area contributed by atoms with Crippen LogP contribution < -0.4 is 10.2 Å². The number of aryl methyl sites for hydroxylation is 1. The number of benzene rings is 2. The second kappa shape index (κ2) is 9.99. The minimum Gasteiger partial charge on any atom is -0.465 e. The lowest BCUT2D eigenvalue weighted by atomic mass is 9.79. The lowest BCUT2D eigenvalue weighted by Crippen LogP contribution is -2.58. The summed E-state index contributed by atoms with van der Waals surface area (Å²) in [6.07, 6.45) is 2.99. The SMILES string of the molecule is CCOC(=O)C1N[C@H]2[C@H](C(=O)C(=C3OCCO3)C(=O)N2c2ccc(C)cc2)[C@H]1/C=C/c1ccccc1. The first-order valence-electron chi connectivity index (χ1n) is 12.1. The maximum atomic E-state index is 13.9. The van der Waals surface area contributed by atoms with Crippen LogP contribution in [0.1, 0.15) is 18.1 Å². The van der Waals surface area contributed by atoms with E-state index in [1.807, 2.05) is 73.7 Å². The van der Waals surface area contributed by atoms with Crippen molar-refractivity contribution in [2.75, 3.05) is 24.7 Å². The summed E-state index contributed by atoms with van der Waals surface area (Å²) in [5.41, 5.74) is 2.44. The highest BCUT2D eigenvalue weighted by molar-refractivity contribution is 6.28. The largest absolute Gasteiger partial charge is 0.465 e. The zero-order valence-corrected chi connectivity index (χ0v) is 20.2. The van der Waals surface area contributed by atoms with Crippen molar-refractivity contribution in [3.8, 4) is 0 Å². The fraction of sp³-hybridized carbons (Fsp3) is 0.321. The van der Waals surface area contributed by atoms with Gasteiger partial charge in [-0.2, -0.15) is 0 Å². The Bertz CT molecular complexity index is 1210. The fourth-order valence-corrected chi connectivity index (χ4v) is 4.99. The summed E-state index contributed by atoms with van der Waals surface area (Å²) in [4.78, 5) is 42.2. The number of Topliss-reactive ketones (excluding diaryl/α,β-unsaturated/α-hetero) is 1. The molecular formula is C28H28N2O6. The van der Waals surface area contributed by atoms with E-state index in [1.165, 1.54) is 4.90 Å². The molecule has 0 radical (unpaired) electrons. The van der Waals surface area contributed by atoms with Gasteiger partial charge in [-0.25, -0.2) is 0 Å². The quantitative estimate of drug-likeness (QED) is 0.393. The van der Waals surface area contributed by atoms with Gasteiger partial charge in [0.1, 0.15) is 19.3 Å². The molecule has 1 N–H and O–H groups in total. The van der Waals surface area contributed by atoms with Crippen LogP contribution in [0.5, 0.6) is 0 Å². The van der Waals surface area contributed by atoms with Crippen molar-refractivity contribution in [1.29, 1.82) is 0 Å². The number of hydrogen-bond acceptors (Lipinski definition) is 7. The molecule has 4 atom stereocenters. The van der Waals surface area contributed by atoms with Crippen LogP contribution in [0.25, 0.3) is 6.08 Å². The summed E-state index contributed by atoms with van der Waals surface area (Å²) in [5, 5.41) is 3.25. The standard InChI is InChI=1S/C28H28N2O6/c1-3-34-27(33)23-20(14-11-18-7-5-4-6-8-18)21-24(31)22(28-35-15-16-36-28)26(32)30(25(21)29-23)19-12-9-17(2)10-13-19/h4-14,20-21,23,25,29H,3,15-16H2,1-2H3/b14-11+/t20-,21+,23?,25-/m1/s1. The van der Waals surface area contributed by atoms with Crippen molar-refractivity contribution in [2.45, 2.75) is 26.1 Å². The molecule has 36 heavy (non-hydrogen) atoms. The molecule has 0 aliphatic carbocycles. The van der Waals surface area contributed by atoms with Gasteiger partial charge < -0.3 is 14.2 Å². The van der Waals surface area contributed by atoms with Crippen molar-refractivity contribution in [3.05, 3.63) is 83.3 Å². The topological polar surface area (TPSA) is 94.2 Å². The van der Waals surface area contributed by atoms with Crippen molar-refractivity contribution in [2.24, 2.45) is 11.8 Å². The third-order valence-corrected chi connectivity index (χ3v) is 6.67. The third kappa shape index (κ3) is 4.28. The van der Waals surface area contributed by atoms with Gasteiger partial charge in [-0.05, 0) is 31.5 Å². The number of carbonyl (C=O) groups excluding carboxylic acids is 3. The lowest BCUT2D eigenvalue weighted by Gasteiger charge is -2.38. The molecule has 1 unspecified atom stereocenters. The molecule has 1 amide bonds. The van der Waals surface area contributed by atoms with Gasteiger partial charge in [0, 0.05) is 11.6 Å². The van der Waals surface area contributed by atoms with Crippen LogP contribution in [0.2, 0.25) is 0 Å². The molecule has 5 rings (SSSR count). The van der Waals surface area contributed by atoms with Gasteiger partial charge in [-0.3, -0.25) is 24.6 Å². The van der Waals surface area contributed by atoms with Crippen molar-refractivity contribution in [1.82, 2.24) is 5.32 Å². The van der Waals surface area contributed by atoms with Crippen LogP contribution in [-0.4, -0.2) is 49.7 Å². The van der Waals surface area contributed by atoms with E-state index in [9.17, 15) is 14.4 Å². The molecule has 8 heteroatoms. The van der Waals surface area contributed by atoms with Gasteiger partial charge in [-0.1, -0.05) is 60.2 Å². The Morgan fingerprint density at radius 1 is 1.08 bits per heavy atom. The number of esters is 1. The van der Waals surface area contributed by atoms with E-state index in [0.29, 0.717) is 5.69 Å². The minimum absolute atomic E-state index is 0.0501. The van der Waals surface area contributed by atoms with Gasteiger partial charge in [0.05, 0.1) is 18.7 Å². The van der Waals surface area contributed by atoms with Gasteiger partial charge in [0.15, 0.2) is 11.4 Å². The van der Waals surface area contributed by atoms with Crippen LogP contribution in [-0.2, 0) is 28.6 Å². The van der Waals surface area contributed by atoms with Crippen molar-refractivity contribution in [3.63, 3.8) is 0 Å². The number of ether oxygens (including phenoxy) is 3. The maximum absolute atomic E-state index is 13.9. The molecule has 2 aromatic rings. The monoisotopic (exact) mass is 488 g/mol. The van der Waals surface area contributed by atoms with E-state index in [2.05, 4.69) is 5.32 Å². The lowest BCUT2D eigenvalue weighted by molar-refractivity contribution is -0.146. The summed E-state index contributed by atoms with van der Waals surface area (Å²) in [5.74, 6) is -2.78. The normalized spacial score (nSPS) is 25.7. The average Bonchev–Trinajstić information content (AvgIpc) is 3.53. The van der Waals surface area contributed by atoms with Gasteiger partial charge in [0.25, 0.3) is 11.9 Å². The van der Waals surface area contributed by atoms with Gasteiger partial charge in [0.2, 0.25) is 0 Å². The molecule has 3 heterocycles. The van der Waals surface area contributed by atoms with Crippen LogP contribution in [0.15, 0.2) is 72.2 Å². The molecule has 3 aliphatic rings. The van der Waals surface area contributed by atoms with Crippen LogP contribution in [0.3, 0.4) is 0 Å². The fourth-order valence-electron chi connectivity index (χ4n) is 4.99. The molecule has 0 bridgehead atoms. The molecule has 3 saturated heterocycles. The Morgan fingerprint density at radius 3 is 2.44 bits per heavy atom. The third-order valence-electron chi connectivity index (χ3n) is 6.67. The summed E-state index contributed by atoms with van der Waals surface area (Å²) < 4.78 is 16.4. The summed E-state index contributed by atoms with van der Waals surface area (Å²) in [7, 11) is 0. The molecule has 3 aliphatic heterocycles. The van der Waals surface area contributed by atoms with Crippen molar-refractivity contribution >= 4 is 29.4 Å². The van der Waals surface area contributed by atoms with Crippen LogP contribution >= 0.6 is 0 Å². The zero-order valence-electron chi connectivity index (χ0n) is 20.2. The molecule has 2 aromatic carbocycles. The number of nitrogens with zero attached hydrogens (tertiary/aromatic N) is 1. The Hall–Kier alpha value is -3.91. The molecule has 8 nitrogen and oxygen atoms in total. The number of nitrogens with one attached hydrogen (secondary N) is 1. The minimum atomic E-state index is -0.820. The number of rotatable bonds is 5. The molecule has 0 spiro atoms. The smallest absolute Gasteiger partial charge is 0.323 e. The predicted octanol–water partition coefficient (Wildman–Crippen LogP) is 2.98. The second-order valence-electron chi connectivity index (χ2n) is 8.95. The average molecular weight is 489 g/mol. The first-order chi connectivity index (χ1) is 17.5.